The topological polar surface area (TPSA) is 71.5 Å². The van der Waals surface area contributed by atoms with Gasteiger partial charge < -0.3 is 15.0 Å². The van der Waals surface area contributed by atoms with Gasteiger partial charge in [0, 0.05) is 37.5 Å². The molecule has 0 spiro atoms. The second-order valence-electron chi connectivity index (χ2n) is 8.01. The molecule has 1 aromatic heterocycles. The minimum atomic E-state index is -0.695. The molecule has 6 nitrogen and oxygen atoms in total. The number of aromatic nitrogens is 1. The number of pyridine rings is 1. The monoisotopic (exact) mass is 429 g/mol. The standard InChI is InChI=1S/C26H27N3O3/c1-18-9-11-22(12-10-18)32-19(2)26(31)29-15-14-28-25(30)24(29)16-20-6-3-4-8-23(20)21-7-5-13-27-17-21/h3-13,17,19,24H,14-16H2,1-2H3,(H,28,30)/t19-,24+/m0/s1. The average Bonchev–Trinajstić information content (AvgIpc) is 2.82. The number of nitrogens with zero attached hydrogens (tertiary/aromatic N) is 2. The Balaban J connectivity index is 1.55. The van der Waals surface area contributed by atoms with Crippen LogP contribution in [0.25, 0.3) is 11.1 Å². The predicted octanol–water partition coefficient (Wildman–Crippen LogP) is 3.39. The predicted molar refractivity (Wildman–Crippen MR) is 123 cm³/mol. The molecule has 2 aromatic carbocycles. The Labute approximate surface area is 188 Å². The van der Waals surface area contributed by atoms with Gasteiger partial charge in [-0.25, -0.2) is 0 Å². The minimum Gasteiger partial charge on any atom is -0.481 e. The first-order chi connectivity index (χ1) is 15.5. The number of aryl methyl sites for hydroxylation is 1. The lowest BCUT2D eigenvalue weighted by Crippen LogP contribution is -2.60. The van der Waals surface area contributed by atoms with Gasteiger partial charge in [-0.1, -0.05) is 48.0 Å². The van der Waals surface area contributed by atoms with Crippen molar-refractivity contribution in [2.45, 2.75) is 32.4 Å². The molecule has 4 rings (SSSR count). The fraction of sp³-hybridized carbons (Fsp3) is 0.269. The van der Waals surface area contributed by atoms with Gasteiger partial charge in [0.15, 0.2) is 6.10 Å². The summed E-state index contributed by atoms with van der Waals surface area (Å²) >= 11 is 0. The van der Waals surface area contributed by atoms with Crippen LogP contribution >= 0.6 is 0 Å². The van der Waals surface area contributed by atoms with Crippen LogP contribution in [0.1, 0.15) is 18.1 Å². The SMILES string of the molecule is Cc1ccc(O[C@@H](C)C(=O)N2CCNC(=O)[C@H]2Cc2ccccc2-c2cccnc2)cc1. The van der Waals surface area contributed by atoms with Crippen LogP contribution in [0.2, 0.25) is 0 Å². The van der Waals surface area contributed by atoms with Crippen LogP contribution in [0.15, 0.2) is 73.1 Å². The smallest absolute Gasteiger partial charge is 0.264 e. The summed E-state index contributed by atoms with van der Waals surface area (Å²) in [6, 6.07) is 18.8. The molecule has 1 N–H and O–H groups in total. The number of hydrogen-bond donors (Lipinski definition) is 1. The molecule has 1 aliphatic heterocycles. The van der Waals surface area contributed by atoms with Crippen molar-refractivity contribution in [1.82, 2.24) is 15.2 Å². The van der Waals surface area contributed by atoms with E-state index < -0.39 is 12.1 Å². The van der Waals surface area contributed by atoms with Crippen LogP contribution in [0.5, 0.6) is 5.75 Å². The molecule has 0 aliphatic carbocycles. The van der Waals surface area contributed by atoms with Crippen molar-refractivity contribution in [2.24, 2.45) is 0 Å². The van der Waals surface area contributed by atoms with E-state index in [1.54, 1.807) is 24.2 Å². The van der Waals surface area contributed by atoms with E-state index in [-0.39, 0.29) is 11.8 Å². The molecule has 164 valence electrons. The fourth-order valence-electron chi connectivity index (χ4n) is 4.00. The van der Waals surface area contributed by atoms with Crippen LogP contribution in [0, 0.1) is 6.92 Å². The second kappa shape index (κ2) is 9.64. The highest BCUT2D eigenvalue weighted by Gasteiger charge is 2.36. The van der Waals surface area contributed by atoms with E-state index >= 15 is 0 Å². The average molecular weight is 430 g/mol. The Morgan fingerprint density at radius 2 is 1.94 bits per heavy atom. The summed E-state index contributed by atoms with van der Waals surface area (Å²) in [5, 5.41) is 2.91. The molecule has 2 atom stereocenters. The quantitative estimate of drug-likeness (QED) is 0.652. The molecular formula is C26H27N3O3. The van der Waals surface area contributed by atoms with Crippen molar-refractivity contribution >= 4 is 11.8 Å². The zero-order valence-electron chi connectivity index (χ0n) is 18.3. The van der Waals surface area contributed by atoms with Gasteiger partial charge in [-0.05, 0) is 43.2 Å². The number of carbonyl (C=O) groups excluding carboxylic acids is 2. The van der Waals surface area contributed by atoms with Crippen molar-refractivity contribution in [1.29, 1.82) is 0 Å². The fourth-order valence-corrected chi connectivity index (χ4v) is 4.00. The summed E-state index contributed by atoms with van der Waals surface area (Å²) in [5.74, 6) is 0.300. The van der Waals surface area contributed by atoms with Crippen LogP contribution < -0.4 is 10.1 Å². The molecule has 0 bridgehead atoms. The van der Waals surface area contributed by atoms with Gasteiger partial charge in [-0.3, -0.25) is 14.6 Å². The van der Waals surface area contributed by atoms with E-state index in [0.717, 1.165) is 22.3 Å². The van der Waals surface area contributed by atoms with Gasteiger partial charge in [0.25, 0.3) is 5.91 Å². The molecule has 1 saturated heterocycles. The normalized spacial score (nSPS) is 16.9. The van der Waals surface area contributed by atoms with Gasteiger partial charge >= 0.3 is 0 Å². The number of benzene rings is 2. The Hall–Kier alpha value is -3.67. The maximum Gasteiger partial charge on any atom is 0.264 e. The summed E-state index contributed by atoms with van der Waals surface area (Å²) in [4.78, 5) is 32.0. The van der Waals surface area contributed by atoms with Crippen molar-refractivity contribution in [3.8, 4) is 16.9 Å². The highest BCUT2D eigenvalue weighted by molar-refractivity contribution is 5.91. The van der Waals surface area contributed by atoms with Crippen molar-refractivity contribution in [3.05, 3.63) is 84.2 Å². The number of piperazine rings is 1. The van der Waals surface area contributed by atoms with E-state index in [0.29, 0.717) is 25.3 Å². The summed E-state index contributed by atoms with van der Waals surface area (Å²) in [6.07, 6.45) is 3.26. The summed E-state index contributed by atoms with van der Waals surface area (Å²) in [7, 11) is 0. The van der Waals surface area contributed by atoms with Gasteiger partial charge in [-0.15, -0.1) is 0 Å². The molecule has 1 aliphatic rings. The van der Waals surface area contributed by atoms with Crippen molar-refractivity contribution < 1.29 is 14.3 Å². The highest BCUT2D eigenvalue weighted by Crippen LogP contribution is 2.26. The van der Waals surface area contributed by atoms with E-state index in [1.807, 2.05) is 67.6 Å². The van der Waals surface area contributed by atoms with Crippen molar-refractivity contribution in [2.75, 3.05) is 13.1 Å². The van der Waals surface area contributed by atoms with Crippen LogP contribution in [0.3, 0.4) is 0 Å². The third-order valence-corrected chi connectivity index (χ3v) is 5.70. The molecule has 2 heterocycles. The first kappa shape index (κ1) is 21.6. The molecule has 0 radical (unpaired) electrons. The minimum absolute atomic E-state index is 0.145. The number of amides is 2. The van der Waals surface area contributed by atoms with Gasteiger partial charge in [0.05, 0.1) is 0 Å². The third kappa shape index (κ3) is 4.80. The molecule has 2 amide bonds. The molecule has 0 saturated carbocycles. The van der Waals surface area contributed by atoms with E-state index in [1.165, 1.54) is 0 Å². The Kier molecular flexibility index (Phi) is 6.50. The molecular weight excluding hydrogens is 402 g/mol. The zero-order chi connectivity index (χ0) is 22.5. The van der Waals surface area contributed by atoms with Crippen LogP contribution in [-0.4, -0.2) is 46.9 Å². The van der Waals surface area contributed by atoms with E-state index in [4.69, 9.17) is 4.74 Å². The lowest BCUT2D eigenvalue weighted by Gasteiger charge is -2.36. The van der Waals surface area contributed by atoms with Crippen LogP contribution in [-0.2, 0) is 16.0 Å². The molecule has 32 heavy (non-hydrogen) atoms. The molecule has 0 unspecified atom stereocenters. The Bertz CT molecular complexity index is 1080. The highest BCUT2D eigenvalue weighted by atomic mass is 16.5. The van der Waals surface area contributed by atoms with Crippen LogP contribution in [0.4, 0.5) is 0 Å². The maximum atomic E-state index is 13.3. The second-order valence-corrected chi connectivity index (χ2v) is 8.01. The first-order valence-electron chi connectivity index (χ1n) is 10.8. The zero-order valence-corrected chi connectivity index (χ0v) is 18.3. The third-order valence-electron chi connectivity index (χ3n) is 5.70. The number of carbonyl (C=O) groups is 2. The summed E-state index contributed by atoms with van der Waals surface area (Å²) in [5.41, 5.74) is 4.10. The number of rotatable bonds is 6. The maximum absolute atomic E-state index is 13.3. The largest absolute Gasteiger partial charge is 0.481 e. The summed E-state index contributed by atoms with van der Waals surface area (Å²) < 4.78 is 5.88. The lowest BCUT2D eigenvalue weighted by atomic mass is 9.94. The number of nitrogens with one attached hydrogen (secondary N) is 1. The summed E-state index contributed by atoms with van der Waals surface area (Å²) in [6.45, 7) is 4.61. The molecule has 3 aromatic rings. The van der Waals surface area contributed by atoms with E-state index in [9.17, 15) is 9.59 Å². The van der Waals surface area contributed by atoms with Gasteiger partial charge in [-0.2, -0.15) is 0 Å². The van der Waals surface area contributed by atoms with E-state index in [2.05, 4.69) is 10.3 Å². The first-order valence-corrected chi connectivity index (χ1v) is 10.8. The molecule has 1 fully saturated rings. The van der Waals surface area contributed by atoms with Gasteiger partial charge in [0.1, 0.15) is 11.8 Å². The van der Waals surface area contributed by atoms with Gasteiger partial charge in [0.2, 0.25) is 5.91 Å². The van der Waals surface area contributed by atoms with Crippen molar-refractivity contribution in [3.63, 3.8) is 0 Å². The number of hydrogen-bond acceptors (Lipinski definition) is 4. The Morgan fingerprint density at radius 1 is 1.16 bits per heavy atom. The lowest BCUT2D eigenvalue weighted by molar-refractivity contribution is -0.147. The molecule has 6 heteroatoms. The Morgan fingerprint density at radius 3 is 2.69 bits per heavy atom. The number of ether oxygens (including phenoxy) is 1.